The number of halogens is 1. The van der Waals surface area contributed by atoms with Crippen LogP contribution < -0.4 is 21.1 Å². The highest BCUT2D eigenvalue weighted by molar-refractivity contribution is 5.93. The Morgan fingerprint density at radius 3 is 2.71 bits per heavy atom. The lowest BCUT2D eigenvalue weighted by atomic mass is 10.2. The van der Waals surface area contributed by atoms with Gasteiger partial charge in [0.05, 0.1) is 7.11 Å². The van der Waals surface area contributed by atoms with E-state index in [1.807, 2.05) is 43.3 Å². The van der Waals surface area contributed by atoms with E-state index in [-0.39, 0.29) is 11.8 Å². The van der Waals surface area contributed by atoms with E-state index >= 15 is 0 Å². The van der Waals surface area contributed by atoms with E-state index in [1.54, 1.807) is 19.2 Å². The quantitative estimate of drug-likeness (QED) is 0.285. The van der Waals surface area contributed by atoms with Crippen LogP contribution in [-0.2, 0) is 0 Å². The summed E-state index contributed by atoms with van der Waals surface area (Å²) in [5, 5.41) is 6.88. The lowest BCUT2D eigenvalue weighted by Crippen LogP contribution is -2.23. The van der Waals surface area contributed by atoms with E-state index < -0.39 is 5.83 Å². The number of allylic oxidation sites excluding steroid dienone is 2. The number of ether oxygens (including phenoxy) is 1. The van der Waals surface area contributed by atoms with Gasteiger partial charge in [0.2, 0.25) is 0 Å². The minimum Gasteiger partial charge on any atom is -0.497 e. The van der Waals surface area contributed by atoms with Crippen molar-refractivity contribution in [2.75, 3.05) is 17.7 Å². The number of fused-ring (bicyclic) bond motifs is 1. The molecule has 0 radical (unpaired) electrons. The van der Waals surface area contributed by atoms with Crippen LogP contribution in [0.1, 0.15) is 5.69 Å². The summed E-state index contributed by atoms with van der Waals surface area (Å²) in [5.74, 6) is 0.0145. The van der Waals surface area contributed by atoms with Gasteiger partial charge in [0.1, 0.15) is 5.75 Å². The van der Waals surface area contributed by atoms with Crippen molar-refractivity contribution < 1.29 is 9.13 Å². The molecule has 0 spiro atoms. The van der Waals surface area contributed by atoms with Crippen molar-refractivity contribution in [2.24, 2.45) is 10.7 Å². The van der Waals surface area contributed by atoms with Gasteiger partial charge in [0, 0.05) is 34.0 Å². The van der Waals surface area contributed by atoms with E-state index in [1.165, 1.54) is 0 Å². The third-order valence-corrected chi connectivity index (χ3v) is 4.00. The van der Waals surface area contributed by atoms with Gasteiger partial charge in [0.15, 0.2) is 17.6 Å². The molecule has 0 aliphatic carbocycles. The van der Waals surface area contributed by atoms with Gasteiger partial charge < -0.3 is 26.1 Å². The molecule has 3 rings (SSSR count). The highest BCUT2D eigenvalue weighted by Crippen LogP contribution is 2.22. The maximum absolute atomic E-state index is 14.3. The zero-order valence-electron chi connectivity index (χ0n) is 15.7. The average Bonchev–Trinajstić information content (AvgIpc) is 3.06. The van der Waals surface area contributed by atoms with Crippen LogP contribution in [0.15, 0.2) is 77.8 Å². The Hall–Kier alpha value is -3.74. The van der Waals surface area contributed by atoms with Crippen molar-refractivity contribution in [3.63, 3.8) is 0 Å². The number of hydrogen-bond donors (Lipinski definition) is 4. The van der Waals surface area contributed by atoms with Gasteiger partial charge in [0.25, 0.3) is 0 Å². The molecule has 0 aliphatic rings. The number of aliphatic imine (C=N–C) groups is 1. The molecule has 2 aromatic carbocycles. The average molecular weight is 379 g/mol. The number of nitrogens with zero attached hydrogens (tertiary/aromatic N) is 1. The zero-order valence-corrected chi connectivity index (χ0v) is 15.7. The van der Waals surface area contributed by atoms with Crippen LogP contribution in [0.4, 0.5) is 15.8 Å². The van der Waals surface area contributed by atoms with Gasteiger partial charge in [-0.05, 0) is 49.4 Å². The molecule has 0 unspecified atom stereocenters. The number of benzene rings is 2. The molecule has 0 amide bonds. The molecule has 7 heteroatoms. The second kappa shape index (κ2) is 8.30. The summed E-state index contributed by atoms with van der Waals surface area (Å²) in [6.07, 6.45) is 1.07. The molecule has 0 saturated heterocycles. The first-order chi connectivity index (χ1) is 13.5. The first-order valence-corrected chi connectivity index (χ1v) is 8.62. The van der Waals surface area contributed by atoms with Gasteiger partial charge in [-0.2, -0.15) is 4.99 Å². The summed E-state index contributed by atoms with van der Waals surface area (Å²) in [6.45, 7) is 5.44. The number of nitrogens with two attached hydrogens (primary N) is 1. The molecule has 0 aliphatic heterocycles. The third kappa shape index (κ3) is 4.50. The second-order valence-electron chi connectivity index (χ2n) is 6.13. The van der Waals surface area contributed by atoms with Gasteiger partial charge >= 0.3 is 0 Å². The van der Waals surface area contributed by atoms with Crippen LogP contribution >= 0.6 is 0 Å². The fraction of sp³-hybridized carbons (Fsp3) is 0.0952. The number of hydrogen-bond acceptors (Lipinski definition) is 3. The largest absolute Gasteiger partial charge is 0.497 e. The summed E-state index contributed by atoms with van der Waals surface area (Å²) in [4.78, 5) is 7.38. The van der Waals surface area contributed by atoms with Gasteiger partial charge in [-0.15, -0.1) is 0 Å². The van der Waals surface area contributed by atoms with E-state index in [2.05, 4.69) is 27.2 Å². The van der Waals surface area contributed by atoms with Gasteiger partial charge in [-0.25, -0.2) is 4.39 Å². The predicted molar refractivity (Wildman–Crippen MR) is 113 cm³/mol. The molecular weight excluding hydrogens is 357 g/mol. The number of guanidine groups is 1. The number of aromatic amines is 1. The van der Waals surface area contributed by atoms with Crippen molar-refractivity contribution >= 4 is 28.2 Å². The Balaban J connectivity index is 1.84. The SMILES string of the molecule is C=C/C(F)=C(\N=C(N)Nc1cccc(OC)c1)Nc1ccc2[nH]c(C)cc2c1. The van der Waals surface area contributed by atoms with Crippen molar-refractivity contribution in [2.45, 2.75) is 6.92 Å². The standard InChI is InChI=1S/C21H22FN5O/c1-4-18(22)20(25-16-8-9-19-14(11-16)10-13(2)24-19)27-21(23)26-15-6-5-7-17(12-15)28-3/h4-12,24-25H,1H2,2-3H3,(H3,23,26,27)/b20-18+. The van der Waals surface area contributed by atoms with Gasteiger partial charge in [-0.1, -0.05) is 12.6 Å². The Morgan fingerprint density at radius 2 is 1.96 bits per heavy atom. The maximum Gasteiger partial charge on any atom is 0.199 e. The zero-order chi connectivity index (χ0) is 20.1. The van der Waals surface area contributed by atoms with Crippen LogP contribution in [0.5, 0.6) is 5.75 Å². The van der Waals surface area contributed by atoms with Crippen LogP contribution in [-0.4, -0.2) is 18.1 Å². The van der Waals surface area contributed by atoms with E-state index in [9.17, 15) is 4.39 Å². The normalized spacial score (nSPS) is 12.5. The molecule has 6 nitrogen and oxygen atoms in total. The molecule has 1 heterocycles. The third-order valence-electron chi connectivity index (χ3n) is 4.00. The molecule has 0 saturated carbocycles. The summed E-state index contributed by atoms with van der Waals surface area (Å²) in [7, 11) is 1.57. The fourth-order valence-corrected chi connectivity index (χ4v) is 2.73. The molecule has 3 aromatic rings. The molecule has 0 atom stereocenters. The predicted octanol–water partition coefficient (Wildman–Crippen LogP) is 4.65. The minimum absolute atomic E-state index is 0.0197. The first-order valence-electron chi connectivity index (χ1n) is 8.62. The van der Waals surface area contributed by atoms with Crippen LogP contribution in [0.2, 0.25) is 0 Å². The highest BCUT2D eigenvalue weighted by atomic mass is 19.1. The molecule has 144 valence electrons. The summed E-state index contributed by atoms with van der Waals surface area (Å²) in [6, 6.07) is 14.8. The van der Waals surface area contributed by atoms with Crippen molar-refractivity contribution in [3.05, 3.63) is 78.5 Å². The molecule has 1 aromatic heterocycles. The van der Waals surface area contributed by atoms with Crippen LogP contribution in [0.3, 0.4) is 0 Å². The monoisotopic (exact) mass is 379 g/mol. The number of methoxy groups -OCH3 is 1. The lowest BCUT2D eigenvalue weighted by Gasteiger charge is -2.11. The second-order valence-corrected chi connectivity index (χ2v) is 6.13. The number of nitrogens with one attached hydrogen (secondary N) is 3. The van der Waals surface area contributed by atoms with E-state index in [0.717, 1.165) is 22.7 Å². The summed E-state index contributed by atoms with van der Waals surface area (Å²) in [5.41, 5.74) is 9.35. The maximum atomic E-state index is 14.3. The Labute approximate surface area is 162 Å². The summed E-state index contributed by atoms with van der Waals surface area (Å²) >= 11 is 0. The van der Waals surface area contributed by atoms with Crippen molar-refractivity contribution in [3.8, 4) is 5.75 Å². The lowest BCUT2D eigenvalue weighted by molar-refractivity contribution is 0.415. The fourth-order valence-electron chi connectivity index (χ4n) is 2.73. The van der Waals surface area contributed by atoms with E-state index in [4.69, 9.17) is 10.5 Å². The number of aromatic nitrogens is 1. The molecule has 0 fully saturated rings. The van der Waals surface area contributed by atoms with Crippen LogP contribution in [0.25, 0.3) is 10.9 Å². The first kappa shape index (κ1) is 19.0. The Kier molecular flexibility index (Phi) is 5.64. The number of H-pyrrole nitrogens is 1. The Bertz CT molecular complexity index is 1070. The van der Waals surface area contributed by atoms with E-state index in [0.29, 0.717) is 17.1 Å². The minimum atomic E-state index is -0.624. The van der Waals surface area contributed by atoms with Gasteiger partial charge in [-0.3, -0.25) is 0 Å². The molecule has 5 N–H and O–H groups in total. The number of anilines is 2. The smallest absolute Gasteiger partial charge is 0.199 e. The highest BCUT2D eigenvalue weighted by Gasteiger charge is 2.07. The molecule has 28 heavy (non-hydrogen) atoms. The van der Waals surface area contributed by atoms with Crippen molar-refractivity contribution in [1.29, 1.82) is 0 Å². The van der Waals surface area contributed by atoms with Crippen molar-refractivity contribution in [1.82, 2.24) is 4.98 Å². The van der Waals surface area contributed by atoms with Crippen LogP contribution in [0, 0.1) is 6.92 Å². The number of rotatable bonds is 6. The molecular formula is C21H22FN5O. The topological polar surface area (TPSA) is 87.5 Å². The Morgan fingerprint density at radius 1 is 1.18 bits per heavy atom. The molecule has 0 bridgehead atoms. The summed E-state index contributed by atoms with van der Waals surface area (Å²) < 4.78 is 19.5. The number of aryl methyl sites for hydroxylation is 1.